The molecule has 0 aliphatic carbocycles. The van der Waals surface area contributed by atoms with Gasteiger partial charge in [0.2, 0.25) is 0 Å². The molecule has 3 rings (SSSR count). The molecular weight excluding hydrogens is 250 g/mol. The number of hydrogen-bond donors (Lipinski definition) is 0. The molecule has 0 fully saturated rings. The monoisotopic (exact) mass is 259 g/mol. The van der Waals surface area contributed by atoms with Crippen LogP contribution in [-0.2, 0) is 6.54 Å². The topological polar surface area (TPSA) is 56.5 Å². The van der Waals surface area contributed by atoms with Crippen LogP contribution in [0.25, 0.3) is 22.6 Å². The molecule has 2 aromatic heterocycles. The Kier molecular flexibility index (Phi) is 2.68. The predicted molar refractivity (Wildman–Crippen MR) is 69.2 cm³/mol. The lowest BCUT2D eigenvalue weighted by Gasteiger charge is -2.02. The number of nitrogens with zero attached hydrogens (tertiary/aromatic N) is 5. The van der Waals surface area contributed by atoms with Crippen LogP contribution < -0.4 is 0 Å². The molecule has 0 radical (unpaired) electrons. The van der Waals surface area contributed by atoms with Crippen molar-refractivity contribution in [2.45, 2.75) is 13.5 Å². The molecule has 3 aromatic rings. The van der Waals surface area contributed by atoms with E-state index in [1.807, 2.05) is 37.3 Å². The minimum Gasteiger partial charge on any atom is -0.227 e. The molecule has 5 nitrogen and oxygen atoms in total. The molecule has 2 heterocycles. The minimum absolute atomic E-state index is 0.332. The predicted octanol–water partition coefficient (Wildman–Crippen LogP) is 2.56. The Morgan fingerprint density at radius 1 is 1.17 bits per heavy atom. The van der Waals surface area contributed by atoms with Crippen molar-refractivity contribution >= 4 is 22.8 Å². The van der Waals surface area contributed by atoms with Crippen LogP contribution >= 0.6 is 11.6 Å². The highest BCUT2D eigenvalue weighted by Gasteiger charge is 2.13. The second-order valence-electron chi connectivity index (χ2n) is 3.78. The van der Waals surface area contributed by atoms with E-state index in [-0.39, 0.29) is 0 Å². The molecule has 90 valence electrons. The number of aryl methyl sites for hydroxylation is 1. The van der Waals surface area contributed by atoms with Crippen LogP contribution in [0, 0.1) is 0 Å². The fraction of sp³-hybridized carbons (Fsp3) is 0.167. The molecule has 0 atom stereocenters. The van der Waals surface area contributed by atoms with Gasteiger partial charge in [0.25, 0.3) is 0 Å². The van der Waals surface area contributed by atoms with E-state index in [1.165, 1.54) is 0 Å². The summed E-state index contributed by atoms with van der Waals surface area (Å²) in [6, 6.07) is 9.70. The zero-order valence-electron chi connectivity index (χ0n) is 9.71. The molecule has 0 aliphatic rings. The summed E-state index contributed by atoms with van der Waals surface area (Å²) < 4.78 is 1.70. The lowest BCUT2D eigenvalue weighted by Crippen LogP contribution is -1.99. The molecule has 0 unspecified atom stereocenters. The average Bonchev–Trinajstić information content (AvgIpc) is 2.83. The Morgan fingerprint density at radius 2 is 1.94 bits per heavy atom. The van der Waals surface area contributed by atoms with Gasteiger partial charge < -0.3 is 0 Å². The summed E-state index contributed by atoms with van der Waals surface area (Å²) in [4.78, 5) is 8.74. The van der Waals surface area contributed by atoms with Crippen LogP contribution in [0.1, 0.15) is 6.92 Å². The molecule has 0 amide bonds. The van der Waals surface area contributed by atoms with Gasteiger partial charge in [-0.25, -0.2) is 14.6 Å². The first-order valence-electron chi connectivity index (χ1n) is 5.61. The second-order valence-corrected chi connectivity index (χ2v) is 4.14. The number of hydrogen-bond acceptors (Lipinski definition) is 4. The van der Waals surface area contributed by atoms with Gasteiger partial charge in [-0.1, -0.05) is 47.1 Å². The maximum absolute atomic E-state index is 6.12. The van der Waals surface area contributed by atoms with Crippen LogP contribution in [0.15, 0.2) is 30.3 Å². The molecule has 0 aliphatic heterocycles. The smallest absolute Gasteiger partial charge is 0.183 e. The molecule has 1 aromatic carbocycles. The van der Waals surface area contributed by atoms with Gasteiger partial charge in [0.05, 0.1) is 0 Å². The zero-order valence-corrected chi connectivity index (χ0v) is 10.5. The molecule has 18 heavy (non-hydrogen) atoms. The molecule has 0 saturated heterocycles. The van der Waals surface area contributed by atoms with Crippen LogP contribution in [0.3, 0.4) is 0 Å². The second kappa shape index (κ2) is 4.34. The standard InChI is InChI=1S/C12H10ClN5/c1-2-18-12-9(16-17-18)10(13)14-11(15-12)8-6-4-3-5-7-8/h3-7H,2H2,1H3. The Labute approximate surface area is 108 Å². The van der Waals surface area contributed by atoms with Gasteiger partial charge >= 0.3 is 0 Å². The summed E-state index contributed by atoms with van der Waals surface area (Å²) in [6.07, 6.45) is 0. The molecule has 6 heteroatoms. The Balaban J connectivity index is 2.26. The van der Waals surface area contributed by atoms with Crippen LogP contribution in [-0.4, -0.2) is 25.0 Å². The van der Waals surface area contributed by atoms with Gasteiger partial charge in [0.15, 0.2) is 22.1 Å². The zero-order chi connectivity index (χ0) is 12.5. The SMILES string of the molecule is CCn1nnc2c(Cl)nc(-c3ccccc3)nc21. The quantitative estimate of drug-likeness (QED) is 0.664. The van der Waals surface area contributed by atoms with Gasteiger partial charge in [-0.3, -0.25) is 0 Å². The molecule has 0 bridgehead atoms. The highest BCUT2D eigenvalue weighted by Crippen LogP contribution is 2.22. The maximum Gasteiger partial charge on any atom is 0.183 e. The number of benzene rings is 1. The van der Waals surface area contributed by atoms with Crippen molar-refractivity contribution in [3.8, 4) is 11.4 Å². The van der Waals surface area contributed by atoms with E-state index in [0.717, 1.165) is 5.56 Å². The van der Waals surface area contributed by atoms with Crippen LogP contribution in [0.4, 0.5) is 0 Å². The third-order valence-corrected chi connectivity index (χ3v) is 2.92. The van der Waals surface area contributed by atoms with Gasteiger partial charge in [-0.05, 0) is 6.92 Å². The maximum atomic E-state index is 6.12. The van der Waals surface area contributed by atoms with Gasteiger partial charge in [-0.15, -0.1) is 5.10 Å². The minimum atomic E-state index is 0.332. The number of aromatic nitrogens is 5. The fourth-order valence-electron chi connectivity index (χ4n) is 1.75. The van der Waals surface area contributed by atoms with Crippen molar-refractivity contribution in [3.05, 3.63) is 35.5 Å². The van der Waals surface area contributed by atoms with E-state index in [4.69, 9.17) is 11.6 Å². The average molecular weight is 260 g/mol. The molecular formula is C12H10ClN5. The highest BCUT2D eigenvalue weighted by molar-refractivity contribution is 6.33. The van der Waals surface area contributed by atoms with Gasteiger partial charge in [0.1, 0.15) is 0 Å². The molecule has 0 spiro atoms. The van der Waals surface area contributed by atoms with E-state index < -0.39 is 0 Å². The number of fused-ring (bicyclic) bond motifs is 1. The fourth-order valence-corrected chi connectivity index (χ4v) is 1.96. The van der Waals surface area contributed by atoms with Crippen molar-refractivity contribution in [3.63, 3.8) is 0 Å². The van der Waals surface area contributed by atoms with Crippen molar-refractivity contribution in [1.82, 2.24) is 25.0 Å². The summed E-state index contributed by atoms with van der Waals surface area (Å²) in [5.41, 5.74) is 2.12. The van der Waals surface area contributed by atoms with E-state index in [0.29, 0.717) is 28.7 Å². The Morgan fingerprint density at radius 3 is 2.67 bits per heavy atom. The van der Waals surface area contributed by atoms with E-state index in [2.05, 4.69) is 20.3 Å². The lowest BCUT2D eigenvalue weighted by atomic mass is 10.2. The van der Waals surface area contributed by atoms with Crippen molar-refractivity contribution < 1.29 is 0 Å². The molecule has 0 saturated carbocycles. The van der Waals surface area contributed by atoms with Gasteiger partial charge in [-0.2, -0.15) is 0 Å². The van der Waals surface area contributed by atoms with E-state index in [1.54, 1.807) is 4.68 Å². The summed E-state index contributed by atoms with van der Waals surface area (Å²) in [6.45, 7) is 2.67. The van der Waals surface area contributed by atoms with Crippen molar-refractivity contribution in [1.29, 1.82) is 0 Å². The van der Waals surface area contributed by atoms with Crippen LogP contribution in [0.2, 0.25) is 5.15 Å². The van der Waals surface area contributed by atoms with Crippen LogP contribution in [0.5, 0.6) is 0 Å². The first-order valence-corrected chi connectivity index (χ1v) is 5.99. The summed E-state index contributed by atoms with van der Waals surface area (Å²) in [5.74, 6) is 0.588. The first kappa shape index (κ1) is 11.1. The third-order valence-electron chi connectivity index (χ3n) is 2.65. The summed E-state index contributed by atoms with van der Waals surface area (Å²) in [7, 11) is 0. The van der Waals surface area contributed by atoms with Crippen molar-refractivity contribution in [2.75, 3.05) is 0 Å². The molecule has 0 N–H and O–H groups in total. The van der Waals surface area contributed by atoms with Crippen molar-refractivity contribution in [2.24, 2.45) is 0 Å². The highest BCUT2D eigenvalue weighted by atomic mass is 35.5. The Bertz CT molecular complexity index is 692. The van der Waals surface area contributed by atoms with E-state index in [9.17, 15) is 0 Å². The van der Waals surface area contributed by atoms with Gasteiger partial charge in [0, 0.05) is 12.1 Å². The number of rotatable bonds is 2. The summed E-state index contributed by atoms with van der Waals surface area (Å²) >= 11 is 6.12. The van der Waals surface area contributed by atoms with E-state index >= 15 is 0 Å². The lowest BCUT2D eigenvalue weighted by molar-refractivity contribution is 0.641. The Hall–Kier alpha value is -2.01. The number of halogens is 1. The third kappa shape index (κ3) is 1.73. The normalized spacial score (nSPS) is 11.0. The first-order chi connectivity index (χ1) is 8.79. The summed E-state index contributed by atoms with van der Waals surface area (Å²) in [5, 5.41) is 8.30. The largest absolute Gasteiger partial charge is 0.227 e.